The number of nitrogens with zero attached hydrogens (tertiary/aromatic N) is 1. The lowest BCUT2D eigenvalue weighted by Gasteiger charge is -2.27. The number of nitrogens with two attached hydrogens (primary N) is 2. The molecule has 1 fully saturated rings. The van der Waals surface area contributed by atoms with Crippen LogP contribution in [0.15, 0.2) is 72.8 Å². The molecule has 1 aliphatic carbocycles. The minimum absolute atomic E-state index is 0.675. The summed E-state index contributed by atoms with van der Waals surface area (Å²) in [5.74, 6) is 0.724. The zero-order chi connectivity index (χ0) is 21.5. The van der Waals surface area contributed by atoms with Crippen LogP contribution in [0.25, 0.3) is 0 Å². The quantitative estimate of drug-likeness (QED) is 0.462. The summed E-state index contributed by atoms with van der Waals surface area (Å²) in [6.45, 7) is 1.35. The van der Waals surface area contributed by atoms with Gasteiger partial charge in [0.15, 0.2) is 0 Å². The van der Waals surface area contributed by atoms with Crippen molar-refractivity contribution in [2.75, 3.05) is 18.0 Å². The first-order valence-electron chi connectivity index (χ1n) is 11.8. The van der Waals surface area contributed by atoms with Gasteiger partial charge in [-0.25, -0.2) is 0 Å². The largest absolute Gasteiger partial charge is 0.330 e. The summed E-state index contributed by atoms with van der Waals surface area (Å²) in [5, 5.41) is 0. The molecule has 0 saturated heterocycles. The van der Waals surface area contributed by atoms with Crippen LogP contribution in [0.3, 0.4) is 0 Å². The van der Waals surface area contributed by atoms with Crippen LogP contribution < -0.4 is 16.4 Å². The first-order valence-corrected chi connectivity index (χ1v) is 11.8. The van der Waals surface area contributed by atoms with Gasteiger partial charge in [0.05, 0.1) is 0 Å². The van der Waals surface area contributed by atoms with E-state index in [1.165, 1.54) is 54.5 Å². The number of benzene rings is 3. The van der Waals surface area contributed by atoms with Gasteiger partial charge in [0.2, 0.25) is 0 Å². The zero-order valence-electron chi connectivity index (χ0n) is 18.5. The second-order valence-electron chi connectivity index (χ2n) is 8.67. The van der Waals surface area contributed by atoms with Gasteiger partial charge in [-0.1, -0.05) is 55.7 Å². The van der Waals surface area contributed by atoms with Gasteiger partial charge in [0.25, 0.3) is 0 Å². The number of hydrogen-bond donors (Lipinski definition) is 2. The number of anilines is 3. The predicted molar refractivity (Wildman–Crippen MR) is 132 cm³/mol. The summed E-state index contributed by atoms with van der Waals surface area (Å²) in [5.41, 5.74) is 19.0. The van der Waals surface area contributed by atoms with E-state index in [1.54, 1.807) is 0 Å². The molecule has 3 heteroatoms. The van der Waals surface area contributed by atoms with Crippen LogP contribution in [0, 0.1) is 0 Å². The fourth-order valence-electron chi connectivity index (χ4n) is 4.74. The molecule has 4 N–H and O–H groups in total. The first kappa shape index (κ1) is 21.6. The highest BCUT2D eigenvalue weighted by atomic mass is 15.1. The molecule has 31 heavy (non-hydrogen) atoms. The SMILES string of the molecule is NCCc1ccc(N(c2ccc(CCN)cc2)c2ccc(C3CCCCC3)cc2)cc1. The number of hydrogen-bond acceptors (Lipinski definition) is 3. The maximum atomic E-state index is 5.74. The molecule has 0 unspecified atom stereocenters. The Morgan fingerprint density at radius 3 is 1.42 bits per heavy atom. The maximum absolute atomic E-state index is 5.74. The third-order valence-electron chi connectivity index (χ3n) is 6.48. The Balaban J connectivity index is 1.65. The Morgan fingerprint density at radius 2 is 1.00 bits per heavy atom. The standard InChI is InChI=1S/C28H35N3/c29-20-18-22-6-12-26(13-7-22)31(27-14-8-23(9-15-27)19-21-30)28-16-10-25(11-17-28)24-4-2-1-3-5-24/h6-17,24H,1-5,18-21,29-30H2. The first-order chi connectivity index (χ1) is 15.3. The molecular formula is C28H35N3. The molecular weight excluding hydrogens is 378 g/mol. The van der Waals surface area contributed by atoms with Gasteiger partial charge >= 0.3 is 0 Å². The second-order valence-corrected chi connectivity index (χ2v) is 8.67. The molecule has 0 radical (unpaired) electrons. The topological polar surface area (TPSA) is 55.3 Å². The summed E-state index contributed by atoms with van der Waals surface area (Å²) in [6, 6.07) is 26.8. The Kier molecular flexibility index (Phi) is 7.39. The Bertz CT molecular complexity index is 874. The summed E-state index contributed by atoms with van der Waals surface area (Å²) >= 11 is 0. The summed E-state index contributed by atoms with van der Waals surface area (Å²) in [7, 11) is 0. The Labute approximate surface area is 187 Å². The van der Waals surface area contributed by atoms with E-state index in [1.807, 2.05) is 0 Å². The van der Waals surface area contributed by atoms with E-state index in [9.17, 15) is 0 Å². The minimum Gasteiger partial charge on any atom is -0.330 e. The average molecular weight is 414 g/mol. The lowest BCUT2D eigenvalue weighted by Crippen LogP contribution is -2.11. The molecule has 0 atom stereocenters. The molecule has 0 spiro atoms. The van der Waals surface area contributed by atoms with Crippen molar-refractivity contribution in [3.8, 4) is 0 Å². The molecule has 0 aliphatic heterocycles. The van der Waals surface area contributed by atoms with Gasteiger partial charge in [-0.3, -0.25) is 0 Å². The Hall–Kier alpha value is -2.62. The van der Waals surface area contributed by atoms with Gasteiger partial charge in [-0.15, -0.1) is 0 Å². The van der Waals surface area contributed by atoms with Crippen molar-refractivity contribution >= 4 is 17.1 Å². The van der Waals surface area contributed by atoms with E-state index >= 15 is 0 Å². The summed E-state index contributed by atoms with van der Waals surface area (Å²) in [6.07, 6.45) is 8.59. The van der Waals surface area contributed by atoms with Crippen molar-refractivity contribution in [2.24, 2.45) is 11.5 Å². The highest BCUT2D eigenvalue weighted by molar-refractivity contribution is 5.76. The molecule has 162 valence electrons. The van der Waals surface area contributed by atoms with E-state index in [0.717, 1.165) is 30.1 Å². The van der Waals surface area contributed by atoms with E-state index in [2.05, 4.69) is 77.7 Å². The molecule has 0 amide bonds. The lowest BCUT2D eigenvalue weighted by molar-refractivity contribution is 0.443. The molecule has 3 aromatic carbocycles. The molecule has 1 saturated carbocycles. The zero-order valence-corrected chi connectivity index (χ0v) is 18.5. The predicted octanol–water partition coefficient (Wildman–Crippen LogP) is 6.21. The van der Waals surface area contributed by atoms with E-state index in [0.29, 0.717) is 13.1 Å². The lowest BCUT2D eigenvalue weighted by atomic mass is 9.84. The smallest absolute Gasteiger partial charge is 0.0461 e. The maximum Gasteiger partial charge on any atom is 0.0461 e. The van der Waals surface area contributed by atoms with E-state index in [-0.39, 0.29) is 0 Å². The van der Waals surface area contributed by atoms with Crippen molar-refractivity contribution in [3.05, 3.63) is 89.5 Å². The molecule has 3 nitrogen and oxygen atoms in total. The van der Waals surface area contributed by atoms with Gasteiger partial charge in [0, 0.05) is 17.1 Å². The molecule has 3 aromatic rings. The molecule has 4 rings (SSSR count). The molecule has 1 aliphatic rings. The van der Waals surface area contributed by atoms with Gasteiger partial charge in [0.1, 0.15) is 0 Å². The van der Waals surface area contributed by atoms with Crippen LogP contribution in [0.1, 0.15) is 54.7 Å². The van der Waals surface area contributed by atoms with E-state index < -0.39 is 0 Å². The fourth-order valence-corrected chi connectivity index (χ4v) is 4.74. The number of rotatable bonds is 8. The van der Waals surface area contributed by atoms with Crippen molar-refractivity contribution in [1.29, 1.82) is 0 Å². The fraction of sp³-hybridized carbons (Fsp3) is 0.357. The highest BCUT2D eigenvalue weighted by Gasteiger charge is 2.17. The van der Waals surface area contributed by atoms with Crippen LogP contribution in [-0.4, -0.2) is 13.1 Å². The Morgan fingerprint density at radius 1 is 0.581 bits per heavy atom. The summed E-state index contributed by atoms with van der Waals surface area (Å²) < 4.78 is 0. The van der Waals surface area contributed by atoms with E-state index in [4.69, 9.17) is 11.5 Å². The monoisotopic (exact) mass is 413 g/mol. The van der Waals surface area contributed by atoms with Crippen LogP contribution in [-0.2, 0) is 12.8 Å². The third-order valence-corrected chi connectivity index (χ3v) is 6.48. The second kappa shape index (κ2) is 10.6. The van der Waals surface area contributed by atoms with Crippen molar-refractivity contribution in [3.63, 3.8) is 0 Å². The average Bonchev–Trinajstić information content (AvgIpc) is 2.83. The molecule has 0 aromatic heterocycles. The van der Waals surface area contributed by atoms with Gasteiger partial charge in [-0.2, -0.15) is 0 Å². The van der Waals surface area contributed by atoms with Crippen LogP contribution in [0.4, 0.5) is 17.1 Å². The minimum atomic E-state index is 0.675. The van der Waals surface area contributed by atoms with Crippen LogP contribution >= 0.6 is 0 Å². The van der Waals surface area contributed by atoms with Crippen molar-refractivity contribution < 1.29 is 0 Å². The van der Waals surface area contributed by atoms with Crippen LogP contribution in [0.5, 0.6) is 0 Å². The van der Waals surface area contributed by atoms with Crippen molar-refractivity contribution in [1.82, 2.24) is 0 Å². The summed E-state index contributed by atoms with van der Waals surface area (Å²) in [4.78, 5) is 2.34. The highest BCUT2D eigenvalue weighted by Crippen LogP contribution is 2.37. The van der Waals surface area contributed by atoms with Crippen LogP contribution in [0.2, 0.25) is 0 Å². The molecule has 0 heterocycles. The van der Waals surface area contributed by atoms with Crippen molar-refractivity contribution in [2.45, 2.75) is 50.9 Å². The molecule has 0 bridgehead atoms. The third kappa shape index (κ3) is 5.36. The van der Waals surface area contributed by atoms with Gasteiger partial charge in [-0.05, 0) is 97.8 Å². The van der Waals surface area contributed by atoms with Gasteiger partial charge < -0.3 is 16.4 Å². The normalized spacial score (nSPS) is 14.5.